The smallest absolute Gasteiger partial charge is 0.137 e. The van der Waals surface area contributed by atoms with Gasteiger partial charge in [0.25, 0.3) is 0 Å². The van der Waals surface area contributed by atoms with E-state index in [1.54, 1.807) is 0 Å². The maximum absolute atomic E-state index is 6.17. The zero-order valence-corrected chi connectivity index (χ0v) is 13.4. The van der Waals surface area contributed by atoms with Crippen molar-refractivity contribution in [2.75, 3.05) is 5.32 Å². The van der Waals surface area contributed by atoms with Crippen LogP contribution in [0.1, 0.15) is 37.8 Å². The van der Waals surface area contributed by atoms with Gasteiger partial charge in [-0.1, -0.05) is 55.3 Å². The summed E-state index contributed by atoms with van der Waals surface area (Å²) in [5, 5.41) is 4.03. The third-order valence-corrected chi connectivity index (χ3v) is 3.81. The summed E-state index contributed by atoms with van der Waals surface area (Å²) >= 11 is 6.17. The maximum Gasteiger partial charge on any atom is 0.137 e. The predicted molar refractivity (Wildman–Crippen MR) is 88.9 cm³/mol. The van der Waals surface area contributed by atoms with Crippen molar-refractivity contribution in [3.05, 3.63) is 52.9 Å². The van der Waals surface area contributed by atoms with E-state index in [1.807, 2.05) is 6.07 Å². The van der Waals surface area contributed by atoms with Gasteiger partial charge in [0, 0.05) is 11.6 Å². The first-order valence-electron chi connectivity index (χ1n) is 7.50. The minimum Gasteiger partial charge on any atom is -0.367 e. The number of aryl methyl sites for hydroxylation is 1. The van der Waals surface area contributed by atoms with Crippen molar-refractivity contribution < 1.29 is 0 Å². The zero-order valence-electron chi connectivity index (χ0n) is 12.6. The number of halogens is 1. The lowest BCUT2D eigenvalue weighted by atomic mass is 10.1. The molecule has 1 N–H and O–H groups in total. The number of nitrogens with zero attached hydrogens (tertiary/aromatic N) is 2. The highest BCUT2D eigenvalue weighted by atomic mass is 35.5. The molecular weight excluding hydrogens is 282 g/mol. The summed E-state index contributed by atoms with van der Waals surface area (Å²) < 4.78 is 0. The van der Waals surface area contributed by atoms with Crippen molar-refractivity contribution in [2.24, 2.45) is 0 Å². The van der Waals surface area contributed by atoms with Crippen LogP contribution < -0.4 is 5.32 Å². The van der Waals surface area contributed by atoms with Crippen LogP contribution >= 0.6 is 11.6 Å². The van der Waals surface area contributed by atoms with Crippen LogP contribution in [0.3, 0.4) is 0 Å². The van der Waals surface area contributed by atoms with Crippen LogP contribution in [0, 0.1) is 0 Å². The van der Waals surface area contributed by atoms with Gasteiger partial charge in [0.1, 0.15) is 17.3 Å². The van der Waals surface area contributed by atoms with Crippen LogP contribution in [0.5, 0.6) is 0 Å². The third-order valence-electron chi connectivity index (χ3n) is 3.48. The third kappa shape index (κ3) is 4.71. The van der Waals surface area contributed by atoms with Gasteiger partial charge in [-0.05, 0) is 31.7 Å². The van der Waals surface area contributed by atoms with Gasteiger partial charge in [0.05, 0.1) is 0 Å². The van der Waals surface area contributed by atoms with E-state index in [-0.39, 0.29) is 0 Å². The molecule has 1 heterocycles. The van der Waals surface area contributed by atoms with E-state index >= 15 is 0 Å². The quantitative estimate of drug-likeness (QED) is 0.764. The lowest BCUT2D eigenvalue weighted by molar-refractivity contribution is 0.700. The topological polar surface area (TPSA) is 37.8 Å². The number of nitrogens with one attached hydrogen (secondary N) is 1. The number of hydrogen-bond acceptors (Lipinski definition) is 3. The molecule has 0 aliphatic heterocycles. The molecule has 1 atom stereocenters. The molecule has 0 saturated carbocycles. The Bertz CT molecular complexity index is 557. The van der Waals surface area contributed by atoms with Crippen LogP contribution in [0.4, 0.5) is 5.82 Å². The molecule has 1 aromatic heterocycles. The van der Waals surface area contributed by atoms with E-state index in [9.17, 15) is 0 Å². The largest absolute Gasteiger partial charge is 0.367 e. The SMILES string of the molecule is CCCc1c(Cl)ncnc1NC(C)CCc1ccccc1. The van der Waals surface area contributed by atoms with Gasteiger partial charge >= 0.3 is 0 Å². The van der Waals surface area contributed by atoms with Gasteiger partial charge in [-0.3, -0.25) is 0 Å². The average Bonchev–Trinajstić information content (AvgIpc) is 2.50. The highest BCUT2D eigenvalue weighted by Gasteiger charge is 2.11. The van der Waals surface area contributed by atoms with Crippen molar-refractivity contribution in [2.45, 2.75) is 45.6 Å². The van der Waals surface area contributed by atoms with Crippen LogP contribution in [0.2, 0.25) is 5.15 Å². The standard InChI is InChI=1S/C17H22ClN3/c1-3-7-15-16(18)19-12-20-17(15)21-13(2)10-11-14-8-5-4-6-9-14/h4-6,8-9,12-13H,3,7,10-11H2,1-2H3,(H,19,20,21). The Morgan fingerprint density at radius 3 is 2.62 bits per heavy atom. The van der Waals surface area contributed by atoms with Crippen molar-refractivity contribution in [3.8, 4) is 0 Å². The Hall–Kier alpha value is -1.61. The molecule has 4 heteroatoms. The Morgan fingerprint density at radius 1 is 1.14 bits per heavy atom. The molecule has 2 rings (SSSR count). The predicted octanol–water partition coefficient (Wildman–Crippen LogP) is 4.52. The molecule has 0 aliphatic carbocycles. The maximum atomic E-state index is 6.17. The lowest BCUT2D eigenvalue weighted by Gasteiger charge is -2.17. The minimum atomic E-state index is 0.340. The molecule has 21 heavy (non-hydrogen) atoms. The molecule has 0 aliphatic rings. The fourth-order valence-corrected chi connectivity index (χ4v) is 2.55. The van der Waals surface area contributed by atoms with E-state index in [4.69, 9.17) is 11.6 Å². The molecule has 0 radical (unpaired) electrons. The molecule has 112 valence electrons. The van der Waals surface area contributed by atoms with Crippen molar-refractivity contribution in [1.82, 2.24) is 9.97 Å². The first kappa shape index (κ1) is 15.8. The summed E-state index contributed by atoms with van der Waals surface area (Å²) in [7, 11) is 0. The summed E-state index contributed by atoms with van der Waals surface area (Å²) in [4.78, 5) is 8.42. The fraction of sp³-hybridized carbons (Fsp3) is 0.412. The van der Waals surface area contributed by atoms with Gasteiger partial charge in [-0.25, -0.2) is 9.97 Å². The van der Waals surface area contributed by atoms with Gasteiger partial charge < -0.3 is 5.32 Å². The number of rotatable bonds is 7. The summed E-state index contributed by atoms with van der Waals surface area (Å²) in [5.41, 5.74) is 2.38. The first-order chi connectivity index (χ1) is 10.2. The van der Waals surface area contributed by atoms with E-state index in [0.717, 1.165) is 37.1 Å². The van der Waals surface area contributed by atoms with Gasteiger partial charge in [-0.15, -0.1) is 0 Å². The van der Waals surface area contributed by atoms with E-state index in [2.05, 4.69) is 53.4 Å². The normalized spacial score (nSPS) is 12.1. The van der Waals surface area contributed by atoms with Crippen molar-refractivity contribution in [1.29, 1.82) is 0 Å². The molecule has 0 spiro atoms. The molecule has 0 fully saturated rings. The first-order valence-corrected chi connectivity index (χ1v) is 7.88. The Kier molecular flexibility index (Phi) is 6.00. The summed E-state index contributed by atoms with van der Waals surface area (Å²) in [5.74, 6) is 0.873. The number of hydrogen-bond donors (Lipinski definition) is 1. The average molecular weight is 304 g/mol. The van der Waals surface area contributed by atoms with Crippen molar-refractivity contribution >= 4 is 17.4 Å². The molecular formula is C17H22ClN3. The van der Waals surface area contributed by atoms with E-state index in [1.165, 1.54) is 11.9 Å². The Labute approximate surface area is 131 Å². The molecule has 2 aromatic rings. The Morgan fingerprint density at radius 2 is 1.90 bits per heavy atom. The number of aromatic nitrogens is 2. The van der Waals surface area contributed by atoms with Crippen LogP contribution in [-0.2, 0) is 12.8 Å². The molecule has 0 bridgehead atoms. The number of benzene rings is 1. The van der Waals surface area contributed by atoms with Crippen LogP contribution in [-0.4, -0.2) is 16.0 Å². The van der Waals surface area contributed by atoms with Gasteiger partial charge in [0.2, 0.25) is 0 Å². The minimum absolute atomic E-state index is 0.340. The second-order valence-electron chi connectivity index (χ2n) is 5.31. The van der Waals surface area contributed by atoms with Gasteiger partial charge in [-0.2, -0.15) is 0 Å². The van der Waals surface area contributed by atoms with Crippen LogP contribution in [0.15, 0.2) is 36.7 Å². The monoisotopic (exact) mass is 303 g/mol. The second kappa shape index (κ2) is 7.99. The van der Waals surface area contributed by atoms with E-state index in [0.29, 0.717) is 11.2 Å². The second-order valence-corrected chi connectivity index (χ2v) is 5.67. The highest BCUT2D eigenvalue weighted by molar-refractivity contribution is 6.30. The zero-order chi connectivity index (χ0) is 15.1. The van der Waals surface area contributed by atoms with Crippen LogP contribution in [0.25, 0.3) is 0 Å². The summed E-state index contributed by atoms with van der Waals surface area (Å²) in [6.07, 6.45) is 5.55. The molecule has 0 saturated heterocycles. The lowest BCUT2D eigenvalue weighted by Crippen LogP contribution is -2.18. The molecule has 1 unspecified atom stereocenters. The fourth-order valence-electron chi connectivity index (χ4n) is 2.32. The Balaban J connectivity index is 1.96. The van der Waals surface area contributed by atoms with Crippen molar-refractivity contribution in [3.63, 3.8) is 0 Å². The van der Waals surface area contributed by atoms with E-state index < -0.39 is 0 Å². The highest BCUT2D eigenvalue weighted by Crippen LogP contribution is 2.22. The molecule has 0 amide bonds. The summed E-state index contributed by atoms with van der Waals surface area (Å²) in [6, 6.07) is 10.9. The molecule has 1 aromatic carbocycles. The van der Waals surface area contributed by atoms with Gasteiger partial charge in [0.15, 0.2) is 0 Å². The number of anilines is 1. The summed E-state index contributed by atoms with van der Waals surface area (Å²) in [6.45, 7) is 4.31. The molecule has 3 nitrogen and oxygen atoms in total.